The molecule has 1 aromatic heterocycles. The molecule has 6 rings (SSSR count). The Hall–Kier alpha value is -4.45. The minimum Gasteiger partial charge on any atom is -0.472 e. The molecule has 0 N–H and O–H groups in total. The van der Waals surface area contributed by atoms with Crippen molar-refractivity contribution in [2.75, 3.05) is 13.7 Å². The predicted molar refractivity (Wildman–Crippen MR) is 183 cm³/mol. The molecule has 0 bridgehead atoms. The number of carbonyl (C=O) groups excluding carboxylic acids is 5. The number of hydrogen-bond donors (Lipinski definition) is 0. The highest BCUT2D eigenvalue weighted by Gasteiger charge is 2.77. The monoisotopic (exact) mass is 720 g/mol. The van der Waals surface area contributed by atoms with Gasteiger partial charge < -0.3 is 32.8 Å². The van der Waals surface area contributed by atoms with Gasteiger partial charge in [-0.25, -0.2) is 4.79 Å². The Balaban J connectivity index is 1.65. The molecule has 52 heavy (non-hydrogen) atoms. The predicted octanol–water partition coefficient (Wildman–Crippen LogP) is 5.73. The molecule has 1 aliphatic heterocycles. The summed E-state index contributed by atoms with van der Waals surface area (Å²) in [5.41, 5.74) is -0.441. The van der Waals surface area contributed by atoms with Gasteiger partial charge in [-0.1, -0.05) is 44.5 Å². The van der Waals surface area contributed by atoms with Crippen molar-refractivity contribution in [1.29, 1.82) is 0 Å². The van der Waals surface area contributed by atoms with Crippen LogP contribution in [-0.2, 0) is 47.6 Å². The van der Waals surface area contributed by atoms with E-state index in [-0.39, 0.29) is 25.4 Å². The van der Waals surface area contributed by atoms with Crippen LogP contribution in [0.3, 0.4) is 0 Å². The first-order chi connectivity index (χ1) is 24.6. The third-order valence-corrected chi connectivity index (χ3v) is 12.5. The first-order valence-electron chi connectivity index (χ1n) is 17.8. The number of allylic oxidation sites excluding steroid dienone is 1. The van der Waals surface area contributed by atoms with E-state index in [4.69, 9.17) is 32.8 Å². The molecule has 280 valence electrons. The average Bonchev–Trinajstić information content (AvgIpc) is 3.82. The van der Waals surface area contributed by atoms with Gasteiger partial charge in [-0.2, -0.15) is 0 Å². The molecule has 11 atom stereocenters. The second-order valence-corrected chi connectivity index (χ2v) is 15.4. The largest absolute Gasteiger partial charge is 0.472 e. The van der Waals surface area contributed by atoms with Crippen molar-refractivity contribution in [3.8, 4) is 0 Å². The molecule has 1 unspecified atom stereocenters. The highest BCUT2D eigenvalue weighted by Crippen LogP contribution is 2.72. The smallest absolute Gasteiger partial charge is 0.338 e. The summed E-state index contributed by atoms with van der Waals surface area (Å²) < 4.78 is 42.5. The van der Waals surface area contributed by atoms with Gasteiger partial charge in [-0.3, -0.25) is 19.2 Å². The van der Waals surface area contributed by atoms with Crippen LogP contribution in [0, 0.1) is 28.1 Å². The molecule has 0 spiro atoms. The van der Waals surface area contributed by atoms with Crippen molar-refractivity contribution in [3.63, 3.8) is 0 Å². The second-order valence-electron chi connectivity index (χ2n) is 15.4. The van der Waals surface area contributed by atoms with E-state index in [1.54, 1.807) is 42.9 Å². The van der Waals surface area contributed by atoms with Crippen LogP contribution in [0.15, 0.2) is 64.5 Å². The minimum atomic E-state index is -1.28. The van der Waals surface area contributed by atoms with Gasteiger partial charge in [0, 0.05) is 61.7 Å². The molecule has 1 saturated heterocycles. The summed E-state index contributed by atoms with van der Waals surface area (Å²) in [6, 6.07) is 10.4. The van der Waals surface area contributed by atoms with Gasteiger partial charge in [0.2, 0.25) is 0 Å². The van der Waals surface area contributed by atoms with E-state index in [1.165, 1.54) is 27.9 Å². The zero-order chi connectivity index (χ0) is 37.7. The van der Waals surface area contributed by atoms with E-state index in [0.717, 1.165) is 11.1 Å². The van der Waals surface area contributed by atoms with Crippen molar-refractivity contribution in [2.24, 2.45) is 28.1 Å². The molecule has 2 aromatic rings. The number of ether oxygens (including phenoxy) is 6. The molecule has 0 radical (unpaired) electrons. The van der Waals surface area contributed by atoms with Crippen LogP contribution >= 0.6 is 0 Å². The van der Waals surface area contributed by atoms with Crippen molar-refractivity contribution in [2.45, 2.75) is 104 Å². The maximum atomic E-state index is 14.2. The van der Waals surface area contributed by atoms with E-state index >= 15 is 0 Å². The number of benzene rings is 1. The summed E-state index contributed by atoms with van der Waals surface area (Å²) in [7, 11) is 1.31. The Morgan fingerprint density at radius 2 is 1.50 bits per heavy atom. The highest BCUT2D eigenvalue weighted by molar-refractivity contribution is 5.89. The lowest BCUT2D eigenvalue weighted by Crippen LogP contribution is -2.72. The summed E-state index contributed by atoms with van der Waals surface area (Å²) in [4.78, 5) is 66.1. The lowest BCUT2D eigenvalue weighted by molar-refractivity contribution is -0.256. The van der Waals surface area contributed by atoms with Crippen molar-refractivity contribution >= 4 is 29.8 Å². The second kappa shape index (κ2) is 13.8. The molecular weight excluding hydrogens is 672 g/mol. The summed E-state index contributed by atoms with van der Waals surface area (Å²) in [5.74, 6) is -4.22. The summed E-state index contributed by atoms with van der Waals surface area (Å²) >= 11 is 0. The number of hydrogen-bond acceptors (Lipinski definition) is 12. The SMILES string of the molecule is COC(=O)C[C@H]1[C@](C)(C2=C(C)[C@H](c3ccoc3)C[C@@H]2OC(C)=O)[C@@H](OC(=O)c2ccccc2)[C@@H]2OC[C@@]3(C)C2[C@]1(C)[C@@H](OC(C)=O)C[C@H]3OC(C)=O. The molecule has 2 heterocycles. The van der Waals surface area contributed by atoms with Crippen LogP contribution in [0.5, 0.6) is 0 Å². The van der Waals surface area contributed by atoms with Crippen LogP contribution in [0.2, 0.25) is 0 Å². The molecule has 12 heteroatoms. The van der Waals surface area contributed by atoms with E-state index in [1.807, 2.05) is 33.8 Å². The van der Waals surface area contributed by atoms with Crippen LogP contribution < -0.4 is 0 Å². The van der Waals surface area contributed by atoms with Crippen LogP contribution in [0.4, 0.5) is 0 Å². The van der Waals surface area contributed by atoms with Gasteiger partial charge in [0.1, 0.15) is 24.4 Å². The van der Waals surface area contributed by atoms with Gasteiger partial charge in [-0.05, 0) is 48.6 Å². The highest BCUT2D eigenvalue weighted by atomic mass is 16.6. The van der Waals surface area contributed by atoms with E-state index in [9.17, 15) is 24.0 Å². The van der Waals surface area contributed by atoms with Gasteiger partial charge in [0.15, 0.2) is 0 Å². The van der Waals surface area contributed by atoms with Gasteiger partial charge in [0.25, 0.3) is 0 Å². The molecule has 3 fully saturated rings. The number of rotatable bonds is 9. The molecule has 4 aliphatic rings. The van der Waals surface area contributed by atoms with E-state index in [2.05, 4.69) is 0 Å². The van der Waals surface area contributed by atoms with Crippen LogP contribution in [-0.4, -0.2) is 74.1 Å². The topological polar surface area (TPSA) is 154 Å². The van der Waals surface area contributed by atoms with Gasteiger partial charge >= 0.3 is 29.8 Å². The summed E-state index contributed by atoms with van der Waals surface area (Å²) in [5, 5.41) is 0. The maximum absolute atomic E-state index is 14.2. The third kappa shape index (κ3) is 6.02. The first kappa shape index (κ1) is 37.3. The summed E-state index contributed by atoms with van der Waals surface area (Å²) in [6.45, 7) is 12.0. The Kier molecular flexibility index (Phi) is 9.93. The third-order valence-electron chi connectivity index (χ3n) is 12.5. The van der Waals surface area contributed by atoms with Crippen molar-refractivity contribution in [1.82, 2.24) is 0 Å². The quantitative estimate of drug-likeness (QED) is 0.176. The summed E-state index contributed by atoms with van der Waals surface area (Å²) in [6.07, 6.45) is -0.670. The fraction of sp³-hybridized carbons (Fsp3) is 0.575. The van der Waals surface area contributed by atoms with Crippen LogP contribution in [0.25, 0.3) is 0 Å². The van der Waals surface area contributed by atoms with Gasteiger partial charge in [-0.15, -0.1) is 0 Å². The van der Waals surface area contributed by atoms with Crippen LogP contribution in [0.1, 0.15) is 89.6 Å². The number of methoxy groups -OCH3 is 1. The van der Waals surface area contributed by atoms with Crippen molar-refractivity contribution in [3.05, 3.63) is 71.2 Å². The zero-order valence-electron chi connectivity index (χ0n) is 31.0. The normalized spacial score (nSPS) is 36.4. The molecule has 1 aromatic carbocycles. The average molecular weight is 721 g/mol. The lowest BCUT2D eigenvalue weighted by Gasteiger charge is -2.66. The van der Waals surface area contributed by atoms with E-state index in [0.29, 0.717) is 17.6 Å². The molecule has 2 saturated carbocycles. The molecular formula is C40H48O12. The first-order valence-corrected chi connectivity index (χ1v) is 17.8. The maximum Gasteiger partial charge on any atom is 0.338 e. The number of esters is 5. The Labute approximate surface area is 303 Å². The van der Waals surface area contributed by atoms with Gasteiger partial charge in [0.05, 0.1) is 37.9 Å². The number of carbonyl (C=O) groups is 5. The Morgan fingerprint density at radius 1 is 0.846 bits per heavy atom. The standard InChI is InChI=1S/C40H48O12/c1-21-27(26-14-15-47-19-26)16-28(49-22(2)41)33(21)40(7)29(17-32(44)46-8)39(6)31(51-24(4)43)18-30(50-23(3)42)38(5)20-48-34(35(38)39)36(40)52-37(45)25-12-10-9-11-13-25/h9-15,19,27-31,34-36H,16-18,20H2,1-8H3/t27-,28+,29-,30-,31+,34-,35?,36+,38-,39+,40-/m1/s1. The lowest BCUT2D eigenvalue weighted by atomic mass is 9.39. The Bertz CT molecular complexity index is 1750. The van der Waals surface area contributed by atoms with E-state index < -0.39 is 88.4 Å². The Morgan fingerprint density at radius 3 is 2.10 bits per heavy atom. The fourth-order valence-electron chi connectivity index (χ4n) is 10.6. The van der Waals surface area contributed by atoms with Crippen molar-refractivity contribution < 1.29 is 56.8 Å². The fourth-order valence-corrected chi connectivity index (χ4v) is 10.6. The molecule has 0 amide bonds. The minimum absolute atomic E-state index is 0.131. The molecule has 3 aliphatic carbocycles. The number of furan rings is 1. The molecule has 12 nitrogen and oxygen atoms in total. The zero-order valence-corrected chi connectivity index (χ0v) is 31.0.